The highest BCUT2D eigenvalue weighted by Gasteiger charge is 2.35. The molecule has 1 heterocycles. The number of hydrogen-bond acceptors (Lipinski definition) is 4. The lowest BCUT2D eigenvalue weighted by atomic mass is 10.1. The van der Waals surface area contributed by atoms with Gasteiger partial charge in [-0.05, 0) is 30.5 Å². The summed E-state index contributed by atoms with van der Waals surface area (Å²) in [5.41, 5.74) is 1.43. The number of amides is 1. The lowest BCUT2D eigenvalue weighted by Crippen LogP contribution is -2.41. The number of nitrogens with one attached hydrogen (secondary N) is 1. The van der Waals surface area contributed by atoms with E-state index in [-0.39, 0.29) is 11.2 Å². The second kappa shape index (κ2) is 6.26. The number of sulfonamides is 1. The average Bonchev–Trinajstić information content (AvgIpc) is 3.35. The number of anilines is 1. The zero-order chi connectivity index (χ0) is 15.6. The second-order valence-electron chi connectivity index (χ2n) is 5.71. The minimum atomic E-state index is -3.23. The predicted molar refractivity (Wildman–Crippen MR) is 83.1 cm³/mol. The molecule has 0 aromatic heterocycles. The fourth-order valence-electron chi connectivity index (χ4n) is 2.42. The van der Waals surface area contributed by atoms with E-state index < -0.39 is 10.0 Å². The first-order valence-corrected chi connectivity index (χ1v) is 9.05. The summed E-state index contributed by atoms with van der Waals surface area (Å²) in [5, 5.41) is -0.241. The quantitative estimate of drug-likeness (QED) is 0.876. The van der Waals surface area contributed by atoms with Crippen LogP contribution in [0.25, 0.3) is 0 Å². The molecule has 1 saturated heterocycles. The van der Waals surface area contributed by atoms with Crippen LogP contribution in [0.5, 0.6) is 0 Å². The average molecular weight is 324 g/mol. The Bertz CT molecular complexity index is 632. The van der Waals surface area contributed by atoms with Gasteiger partial charge in [0.25, 0.3) is 0 Å². The van der Waals surface area contributed by atoms with Crippen LogP contribution in [0.4, 0.5) is 5.69 Å². The first-order chi connectivity index (χ1) is 10.5. The highest BCUT2D eigenvalue weighted by atomic mass is 32.2. The van der Waals surface area contributed by atoms with Crippen molar-refractivity contribution in [2.45, 2.75) is 24.5 Å². The number of carbonyl (C=O) groups excluding carboxylic acids is 1. The largest absolute Gasteiger partial charge is 0.378 e. The summed E-state index contributed by atoms with van der Waals surface area (Å²) in [5.74, 6) is 0.0783. The highest BCUT2D eigenvalue weighted by molar-refractivity contribution is 7.93. The molecular formula is C15H20N2O4S. The Balaban J connectivity index is 1.58. The van der Waals surface area contributed by atoms with Crippen molar-refractivity contribution in [3.63, 3.8) is 0 Å². The smallest absolute Gasteiger partial charge is 0.235 e. The van der Waals surface area contributed by atoms with Crippen LogP contribution in [-0.4, -0.2) is 50.8 Å². The van der Waals surface area contributed by atoms with Crippen molar-refractivity contribution >= 4 is 21.6 Å². The summed E-state index contributed by atoms with van der Waals surface area (Å²) in [6.45, 7) is 2.46. The Morgan fingerprint density at radius 1 is 1.18 bits per heavy atom. The maximum atomic E-state index is 12.1. The Hall–Kier alpha value is -1.60. The van der Waals surface area contributed by atoms with Gasteiger partial charge in [0.05, 0.1) is 24.9 Å². The number of rotatable bonds is 5. The first kappa shape index (κ1) is 15.3. The van der Waals surface area contributed by atoms with Crippen LogP contribution in [-0.2, 0) is 26.0 Å². The molecule has 2 fully saturated rings. The van der Waals surface area contributed by atoms with Crippen molar-refractivity contribution in [1.29, 1.82) is 0 Å². The fraction of sp³-hybridized carbons (Fsp3) is 0.533. The van der Waals surface area contributed by atoms with Gasteiger partial charge in [-0.1, -0.05) is 12.1 Å². The van der Waals surface area contributed by atoms with E-state index in [0.717, 1.165) is 18.4 Å². The molecule has 0 atom stereocenters. The van der Waals surface area contributed by atoms with E-state index >= 15 is 0 Å². The fourth-order valence-corrected chi connectivity index (χ4v) is 3.80. The molecule has 3 rings (SSSR count). The van der Waals surface area contributed by atoms with Gasteiger partial charge in [-0.25, -0.2) is 8.42 Å². The van der Waals surface area contributed by atoms with Crippen molar-refractivity contribution in [1.82, 2.24) is 4.90 Å². The van der Waals surface area contributed by atoms with E-state index in [0.29, 0.717) is 38.4 Å². The zero-order valence-electron chi connectivity index (χ0n) is 12.3. The lowest BCUT2D eigenvalue weighted by Gasteiger charge is -2.26. The first-order valence-electron chi connectivity index (χ1n) is 7.51. The molecule has 1 aliphatic heterocycles. The van der Waals surface area contributed by atoms with Crippen molar-refractivity contribution in [3.8, 4) is 0 Å². The van der Waals surface area contributed by atoms with Gasteiger partial charge < -0.3 is 9.64 Å². The summed E-state index contributed by atoms with van der Waals surface area (Å²) in [6, 6.07) is 7.01. The molecule has 1 N–H and O–H groups in total. The minimum absolute atomic E-state index is 0.0783. The number of benzene rings is 1. The van der Waals surface area contributed by atoms with Crippen LogP contribution in [0.1, 0.15) is 18.4 Å². The third kappa shape index (κ3) is 3.78. The van der Waals surface area contributed by atoms with E-state index in [2.05, 4.69) is 4.72 Å². The summed E-state index contributed by atoms with van der Waals surface area (Å²) in [4.78, 5) is 13.9. The third-order valence-corrected chi connectivity index (χ3v) is 5.77. The molecule has 1 aromatic carbocycles. The minimum Gasteiger partial charge on any atom is -0.378 e. The van der Waals surface area contributed by atoms with Gasteiger partial charge in [0, 0.05) is 18.8 Å². The number of morpholine rings is 1. The number of hydrogen-bond donors (Lipinski definition) is 1. The molecular weight excluding hydrogens is 304 g/mol. The molecule has 0 radical (unpaired) electrons. The number of ether oxygens (including phenoxy) is 1. The highest BCUT2D eigenvalue weighted by Crippen LogP contribution is 2.29. The molecule has 120 valence electrons. The van der Waals surface area contributed by atoms with E-state index in [1.807, 2.05) is 0 Å². The maximum Gasteiger partial charge on any atom is 0.235 e. The zero-order valence-corrected chi connectivity index (χ0v) is 13.1. The van der Waals surface area contributed by atoms with Gasteiger partial charge in [-0.3, -0.25) is 9.52 Å². The Kier molecular flexibility index (Phi) is 4.35. The SMILES string of the molecule is O=C(Cc1ccc(NS(=O)(=O)C2CC2)cc1)N1CCOCC1. The Labute approximate surface area is 130 Å². The number of nitrogens with zero attached hydrogens (tertiary/aromatic N) is 1. The standard InChI is InChI=1S/C15H20N2O4S/c18-15(17-7-9-21-10-8-17)11-12-1-3-13(4-2-12)16-22(19,20)14-5-6-14/h1-4,14,16H,5-11H2. The number of carbonyl (C=O) groups is 1. The van der Waals surface area contributed by atoms with E-state index in [1.54, 1.807) is 29.2 Å². The predicted octanol–water partition coefficient (Wildman–Crippen LogP) is 0.992. The van der Waals surface area contributed by atoms with Gasteiger partial charge in [0.1, 0.15) is 0 Å². The molecule has 7 heteroatoms. The van der Waals surface area contributed by atoms with E-state index in [4.69, 9.17) is 4.74 Å². The van der Waals surface area contributed by atoms with Crippen molar-refractivity contribution in [3.05, 3.63) is 29.8 Å². The third-order valence-electron chi connectivity index (χ3n) is 3.90. The summed E-state index contributed by atoms with van der Waals surface area (Å²) in [6.07, 6.45) is 1.80. The summed E-state index contributed by atoms with van der Waals surface area (Å²) >= 11 is 0. The van der Waals surface area contributed by atoms with Crippen molar-refractivity contribution in [2.75, 3.05) is 31.0 Å². The Morgan fingerprint density at radius 3 is 2.41 bits per heavy atom. The van der Waals surface area contributed by atoms with Crippen LogP contribution >= 0.6 is 0 Å². The van der Waals surface area contributed by atoms with Gasteiger partial charge in [-0.15, -0.1) is 0 Å². The van der Waals surface area contributed by atoms with Crippen molar-refractivity contribution < 1.29 is 17.9 Å². The van der Waals surface area contributed by atoms with Gasteiger partial charge in [0.2, 0.25) is 15.9 Å². The van der Waals surface area contributed by atoms with E-state index in [1.165, 1.54) is 0 Å². The van der Waals surface area contributed by atoms with Gasteiger partial charge in [-0.2, -0.15) is 0 Å². The normalized spacial score (nSPS) is 19.0. The molecule has 1 aliphatic carbocycles. The molecule has 0 bridgehead atoms. The van der Waals surface area contributed by atoms with Crippen LogP contribution in [0.15, 0.2) is 24.3 Å². The van der Waals surface area contributed by atoms with Crippen molar-refractivity contribution in [2.24, 2.45) is 0 Å². The Morgan fingerprint density at radius 2 is 1.82 bits per heavy atom. The van der Waals surface area contributed by atoms with E-state index in [9.17, 15) is 13.2 Å². The molecule has 1 saturated carbocycles. The molecule has 1 amide bonds. The van der Waals surface area contributed by atoms with Crippen LogP contribution < -0.4 is 4.72 Å². The maximum absolute atomic E-state index is 12.1. The topological polar surface area (TPSA) is 75.7 Å². The summed E-state index contributed by atoms with van der Waals surface area (Å²) < 4.78 is 31.5. The van der Waals surface area contributed by atoms with Crippen LogP contribution in [0, 0.1) is 0 Å². The molecule has 22 heavy (non-hydrogen) atoms. The second-order valence-corrected chi connectivity index (χ2v) is 7.67. The molecule has 1 aromatic rings. The van der Waals surface area contributed by atoms with Crippen LogP contribution in [0.2, 0.25) is 0 Å². The summed E-state index contributed by atoms with van der Waals surface area (Å²) in [7, 11) is -3.23. The molecule has 0 unspecified atom stereocenters. The molecule has 2 aliphatic rings. The van der Waals surface area contributed by atoms with Crippen LogP contribution in [0.3, 0.4) is 0 Å². The lowest BCUT2D eigenvalue weighted by molar-refractivity contribution is -0.134. The monoisotopic (exact) mass is 324 g/mol. The van der Waals surface area contributed by atoms with Gasteiger partial charge in [0.15, 0.2) is 0 Å². The molecule has 6 nitrogen and oxygen atoms in total. The molecule has 0 spiro atoms. The van der Waals surface area contributed by atoms with Gasteiger partial charge >= 0.3 is 0 Å².